The van der Waals surface area contributed by atoms with E-state index in [1.165, 1.54) is 6.92 Å². The summed E-state index contributed by atoms with van der Waals surface area (Å²) in [6.45, 7) is 1.49. The van der Waals surface area contributed by atoms with E-state index in [1.807, 2.05) is 0 Å². The van der Waals surface area contributed by atoms with Gasteiger partial charge in [0.2, 0.25) is 0 Å². The van der Waals surface area contributed by atoms with Gasteiger partial charge in [-0.05, 0) is 35.7 Å². The summed E-state index contributed by atoms with van der Waals surface area (Å²) in [4.78, 5) is -2.93. The van der Waals surface area contributed by atoms with E-state index in [-0.39, 0.29) is 0 Å². The molecule has 0 radical (unpaired) electrons. The summed E-state index contributed by atoms with van der Waals surface area (Å²) < 4.78 is 25.7. The van der Waals surface area contributed by atoms with Crippen molar-refractivity contribution in [2.24, 2.45) is 5.92 Å². The van der Waals surface area contributed by atoms with Gasteiger partial charge in [-0.25, -0.2) is 0 Å². The van der Waals surface area contributed by atoms with Crippen LogP contribution in [-0.4, -0.2) is 15.5 Å². The molecule has 0 aromatic rings. The molecule has 4 heteroatoms. The smallest absolute Gasteiger partial charge is 0.306 e. The van der Waals surface area contributed by atoms with Crippen molar-refractivity contribution in [3.05, 3.63) is 0 Å². The van der Waals surface area contributed by atoms with Gasteiger partial charge < -0.3 is 5.11 Å². The van der Waals surface area contributed by atoms with Crippen molar-refractivity contribution in [2.45, 2.75) is 43.0 Å². The van der Waals surface area contributed by atoms with E-state index in [4.69, 9.17) is 0 Å². The van der Waals surface area contributed by atoms with E-state index in [1.54, 1.807) is 0 Å². The summed E-state index contributed by atoms with van der Waals surface area (Å²) in [5.41, 5.74) is -1.22. The Morgan fingerprint density at radius 1 is 1.50 bits per heavy atom. The lowest BCUT2D eigenvalue weighted by atomic mass is 9.77. The molecule has 1 aliphatic carbocycles. The van der Waals surface area contributed by atoms with Crippen LogP contribution in [0.3, 0.4) is 0 Å². The van der Waals surface area contributed by atoms with Gasteiger partial charge in [-0.2, -0.15) is 8.78 Å². The monoisotopic (exact) mass is 242 g/mol. The highest BCUT2D eigenvalue weighted by Crippen LogP contribution is 2.45. The number of aliphatic hydroxyl groups is 1. The van der Waals surface area contributed by atoms with E-state index in [9.17, 15) is 13.9 Å². The predicted molar refractivity (Wildman–Crippen MR) is 46.5 cm³/mol. The van der Waals surface area contributed by atoms with Gasteiger partial charge in [-0.15, -0.1) is 0 Å². The molecule has 1 rings (SSSR count). The first-order valence-electron chi connectivity index (χ1n) is 4.13. The van der Waals surface area contributed by atoms with Gasteiger partial charge >= 0.3 is 4.83 Å². The van der Waals surface area contributed by atoms with Gasteiger partial charge in [0.1, 0.15) is 0 Å². The zero-order chi connectivity index (χ0) is 9.41. The van der Waals surface area contributed by atoms with Crippen molar-refractivity contribution in [1.29, 1.82) is 0 Å². The maximum absolute atomic E-state index is 12.9. The van der Waals surface area contributed by atoms with Crippen LogP contribution >= 0.6 is 15.9 Å². The van der Waals surface area contributed by atoms with Crippen LogP contribution < -0.4 is 0 Å². The number of rotatable bonds is 1. The normalized spacial score (nSPS) is 38.2. The number of alkyl halides is 3. The first-order valence-corrected chi connectivity index (χ1v) is 4.92. The van der Waals surface area contributed by atoms with E-state index in [0.717, 1.165) is 12.8 Å². The Morgan fingerprint density at radius 3 is 2.42 bits per heavy atom. The summed E-state index contributed by atoms with van der Waals surface area (Å²) in [6, 6.07) is 0. The second-order valence-electron chi connectivity index (χ2n) is 3.70. The topological polar surface area (TPSA) is 20.2 Å². The van der Waals surface area contributed by atoms with Gasteiger partial charge in [0.15, 0.2) is 0 Å². The van der Waals surface area contributed by atoms with Crippen LogP contribution in [0.25, 0.3) is 0 Å². The third-order valence-electron chi connectivity index (χ3n) is 2.57. The lowest BCUT2D eigenvalue weighted by molar-refractivity contribution is -0.109. The van der Waals surface area contributed by atoms with Crippen LogP contribution in [0.5, 0.6) is 0 Å². The molecule has 0 aliphatic heterocycles. The Labute approximate surface area is 79.3 Å². The molecule has 1 N–H and O–H groups in total. The molecule has 0 heterocycles. The average Bonchev–Trinajstić information content (AvgIpc) is 1.83. The molecule has 0 spiro atoms. The van der Waals surface area contributed by atoms with Crippen LogP contribution in [-0.2, 0) is 0 Å². The maximum atomic E-state index is 12.9. The summed E-state index contributed by atoms with van der Waals surface area (Å²) in [6.07, 6.45) is 2.48. The van der Waals surface area contributed by atoms with E-state index in [2.05, 4.69) is 15.9 Å². The Bertz CT molecular complexity index is 165. The fraction of sp³-hybridized carbons (Fsp3) is 1.00. The van der Waals surface area contributed by atoms with E-state index < -0.39 is 16.4 Å². The third kappa shape index (κ3) is 2.16. The highest BCUT2D eigenvalue weighted by Gasteiger charge is 2.48. The molecule has 2 atom stereocenters. The zero-order valence-corrected chi connectivity index (χ0v) is 8.57. The predicted octanol–water partition coefficient (Wildman–Crippen LogP) is 2.92. The minimum absolute atomic E-state index is 0.394. The highest BCUT2D eigenvalue weighted by molar-refractivity contribution is 9.10. The Morgan fingerprint density at radius 2 is 2.08 bits per heavy atom. The maximum Gasteiger partial charge on any atom is 0.306 e. The molecule has 0 aromatic heterocycles. The highest BCUT2D eigenvalue weighted by atomic mass is 79.9. The third-order valence-corrected chi connectivity index (χ3v) is 3.12. The minimum atomic E-state index is -2.93. The summed E-state index contributed by atoms with van der Waals surface area (Å²) in [5, 5.41) is 9.66. The van der Waals surface area contributed by atoms with Crippen LogP contribution in [0.1, 0.15) is 32.6 Å². The van der Waals surface area contributed by atoms with Crippen molar-refractivity contribution in [3.63, 3.8) is 0 Å². The largest absolute Gasteiger partial charge is 0.390 e. The second-order valence-corrected chi connectivity index (χ2v) is 4.75. The minimum Gasteiger partial charge on any atom is -0.390 e. The lowest BCUT2D eigenvalue weighted by Gasteiger charge is -2.39. The molecule has 1 fully saturated rings. The van der Waals surface area contributed by atoms with Crippen molar-refractivity contribution in [3.8, 4) is 0 Å². The lowest BCUT2D eigenvalue weighted by Crippen LogP contribution is -2.45. The van der Waals surface area contributed by atoms with Gasteiger partial charge in [-0.1, -0.05) is 12.8 Å². The number of halogens is 3. The Balaban J connectivity index is 2.73. The van der Waals surface area contributed by atoms with Crippen molar-refractivity contribution in [1.82, 2.24) is 0 Å². The zero-order valence-electron chi connectivity index (χ0n) is 6.99. The molecule has 0 aromatic carbocycles. The molecule has 0 amide bonds. The molecule has 1 aliphatic rings. The Kier molecular flexibility index (Phi) is 2.78. The molecule has 1 saturated carbocycles. The van der Waals surface area contributed by atoms with E-state index >= 15 is 0 Å². The average molecular weight is 243 g/mol. The van der Waals surface area contributed by atoms with Crippen molar-refractivity contribution in [2.75, 3.05) is 0 Å². The molecule has 2 unspecified atom stereocenters. The summed E-state index contributed by atoms with van der Waals surface area (Å²) in [7, 11) is 0. The van der Waals surface area contributed by atoms with Crippen LogP contribution in [0.15, 0.2) is 0 Å². The van der Waals surface area contributed by atoms with Crippen LogP contribution in [0, 0.1) is 5.92 Å². The molecule has 72 valence electrons. The summed E-state index contributed by atoms with van der Waals surface area (Å²) >= 11 is 2.32. The fourth-order valence-electron chi connectivity index (χ4n) is 1.83. The van der Waals surface area contributed by atoms with Gasteiger partial charge in [0.25, 0.3) is 0 Å². The first kappa shape index (κ1) is 10.4. The first-order chi connectivity index (χ1) is 5.34. The molecular weight excluding hydrogens is 230 g/mol. The van der Waals surface area contributed by atoms with Crippen molar-refractivity contribution >= 4 is 15.9 Å². The Hall–Kier alpha value is 0.300. The van der Waals surface area contributed by atoms with Crippen LogP contribution in [0.4, 0.5) is 8.78 Å². The van der Waals surface area contributed by atoms with Gasteiger partial charge in [-0.3, -0.25) is 0 Å². The van der Waals surface area contributed by atoms with Crippen LogP contribution in [0.2, 0.25) is 0 Å². The molecule has 0 saturated heterocycles. The quantitative estimate of drug-likeness (QED) is 0.702. The molecular formula is C8H13BrF2O. The standard InChI is InChI=1S/C8H13BrF2O/c1-7(12)5-3-2-4-6(7)8(9,10)11/h6,12H,2-5H2,1H3. The van der Waals surface area contributed by atoms with E-state index in [0.29, 0.717) is 12.8 Å². The second kappa shape index (κ2) is 3.22. The fourth-order valence-corrected chi connectivity index (χ4v) is 2.55. The molecule has 1 nitrogen and oxygen atoms in total. The summed E-state index contributed by atoms with van der Waals surface area (Å²) in [5.74, 6) is -0.946. The van der Waals surface area contributed by atoms with Gasteiger partial charge in [0, 0.05) is 0 Å². The number of hydrogen-bond donors (Lipinski definition) is 1. The van der Waals surface area contributed by atoms with Gasteiger partial charge in [0.05, 0.1) is 11.5 Å². The SMILES string of the molecule is CC1(O)CCCCC1C(F)(F)Br. The molecule has 12 heavy (non-hydrogen) atoms. The molecule has 0 bridgehead atoms. The number of hydrogen-bond acceptors (Lipinski definition) is 1. The van der Waals surface area contributed by atoms with Crippen molar-refractivity contribution < 1.29 is 13.9 Å².